The number of halogens is 2. The summed E-state index contributed by atoms with van der Waals surface area (Å²) in [4.78, 5) is 26.6. The number of carboxylic acids is 1. The van der Waals surface area contributed by atoms with E-state index in [0.717, 1.165) is 11.8 Å². The third-order valence-electron chi connectivity index (χ3n) is 2.41. The fraction of sp³-hybridized carbons (Fsp3) is 0. The highest BCUT2D eigenvalue weighted by Gasteiger charge is 2.17. The Morgan fingerprint density at radius 3 is 2.60 bits per heavy atom. The summed E-state index contributed by atoms with van der Waals surface area (Å²) in [6, 6.07) is 6.00. The smallest absolute Gasteiger partial charge is 0.338 e. The predicted molar refractivity (Wildman–Crippen MR) is 77.2 cm³/mol. The van der Waals surface area contributed by atoms with Crippen molar-refractivity contribution in [1.82, 2.24) is 4.98 Å². The van der Waals surface area contributed by atoms with Gasteiger partial charge in [0.1, 0.15) is 5.03 Å². The van der Waals surface area contributed by atoms with Gasteiger partial charge in [-0.25, -0.2) is 9.78 Å². The van der Waals surface area contributed by atoms with E-state index in [2.05, 4.69) is 4.98 Å². The minimum Gasteiger partial charge on any atom is -0.478 e. The summed E-state index contributed by atoms with van der Waals surface area (Å²) < 4.78 is 0. The van der Waals surface area contributed by atoms with Crippen molar-refractivity contribution in [1.29, 1.82) is 0 Å². The number of aromatic nitrogens is 1. The fourth-order valence-corrected chi connectivity index (χ4v) is 3.04. The highest BCUT2D eigenvalue weighted by atomic mass is 35.5. The molecule has 0 fully saturated rings. The van der Waals surface area contributed by atoms with Gasteiger partial charge in [-0.05, 0) is 24.3 Å². The minimum absolute atomic E-state index is 0.0328. The first-order chi connectivity index (χ1) is 9.54. The average Bonchev–Trinajstić information content (AvgIpc) is 2.43. The van der Waals surface area contributed by atoms with Crippen LogP contribution in [0.3, 0.4) is 0 Å². The van der Waals surface area contributed by atoms with E-state index in [1.54, 1.807) is 6.07 Å². The van der Waals surface area contributed by atoms with Crippen molar-refractivity contribution in [2.75, 3.05) is 0 Å². The molecule has 0 amide bonds. The van der Waals surface area contributed by atoms with Crippen LogP contribution in [0.15, 0.2) is 40.4 Å². The largest absolute Gasteiger partial charge is 0.478 e. The summed E-state index contributed by atoms with van der Waals surface area (Å²) in [5.41, 5.74) is 0.247. The molecule has 0 unspecified atom stereocenters. The molecule has 1 aromatic carbocycles. The van der Waals surface area contributed by atoms with E-state index in [4.69, 9.17) is 28.3 Å². The number of aromatic carboxylic acids is 1. The van der Waals surface area contributed by atoms with Crippen LogP contribution in [0.4, 0.5) is 0 Å². The topological polar surface area (TPSA) is 67.3 Å². The van der Waals surface area contributed by atoms with Gasteiger partial charge in [-0.3, -0.25) is 4.79 Å². The zero-order chi connectivity index (χ0) is 14.7. The van der Waals surface area contributed by atoms with Crippen LogP contribution in [-0.4, -0.2) is 22.3 Å². The number of carbonyl (C=O) groups excluding carboxylic acids is 1. The first-order valence-electron chi connectivity index (χ1n) is 5.34. The highest BCUT2D eigenvalue weighted by Crippen LogP contribution is 2.38. The van der Waals surface area contributed by atoms with E-state index in [1.807, 2.05) is 0 Å². The van der Waals surface area contributed by atoms with Gasteiger partial charge in [-0.1, -0.05) is 35.0 Å². The number of benzene rings is 1. The summed E-state index contributed by atoms with van der Waals surface area (Å²) in [6.07, 6.45) is 2.05. The zero-order valence-corrected chi connectivity index (χ0v) is 12.2. The minimum atomic E-state index is -1.11. The average molecular weight is 328 g/mol. The SMILES string of the molecule is O=Cc1c(Cl)ccc(Cl)c1Sc1ncccc1C(=O)O. The molecule has 102 valence electrons. The van der Waals surface area contributed by atoms with Gasteiger partial charge in [0.2, 0.25) is 0 Å². The highest BCUT2D eigenvalue weighted by molar-refractivity contribution is 7.99. The molecule has 4 nitrogen and oxygen atoms in total. The molecule has 2 rings (SSSR count). The van der Waals surface area contributed by atoms with Gasteiger partial charge >= 0.3 is 5.97 Å². The molecule has 2 aromatic rings. The van der Waals surface area contributed by atoms with Crippen LogP contribution >= 0.6 is 35.0 Å². The van der Waals surface area contributed by atoms with Crippen LogP contribution in [0.2, 0.25) is 10.0 Å². The van der Waals surface area contributed by atoms with Crippen molar-refractivity contribution in [2.45, 2.75) is 9.92 Å². The first-order valence-corrected chi connectivity index (χ1v) is 6.91. The number of carbonyl (C=O) groups is 2. The van der Waals surface area contributed by atoms with Crippen LogP contribution in [0.25, 0.3) is 0 Å². The molecule has 0 aliphatic heterocycles. The Balaban J connectivity index is 2.53. The predicted octanol–water partition coefficient (Wildman–Crippen LogP) is 4.05. The molecule has 1 heterocycles. The van der Waals surface area contributed by atoms with Crippen LogP contribution < -0.4 is 0 Å². The molecule has 7 heteroatoms. The Hall–Kier alpha value is -1.56. The number of aldehydes is 1. The molecule has 1 N–H and O–H groups in total. The van der Waals surface area contributed by atoms with Gasteiger partial charge in [0.05, 0.1) is 15.6 Å². The lowest BCUT2D eigenvalue weighted by Crippen LogP contribution is -2.00. The summed E-state index contributed by atoms with van der Waals surface area (Å²) in [5.74, 6) is -1.11. The van der Waals surface area contributed by atoms with Gasteiger partial charge in [0, 0.05) is 16.7 Å². The molecular formula is C13H7Cl2NO3S. The van der Waals surface area contributed by atoms with E-state index < -0.39 is 5.97 Å². The van der Waals surface area contributed by atoms with Crippen molar-refractivity contribution in [2.24, 2.45) is 0 Å². The Morgan fingerprint density at radius 2 is 1.95 bits per heavy atom. The number of carboxylic acid groups (broad SMARTS) is 1. The van der Waals surface area contributed by atoms with E-state index in [9.17, 15) is 9.59 Å². The number of rotatable bonds is 4. The molecular weight excluding hydrogens is 321 g/mol. The Bertz CT molecular complexity index is 691. The monoisotopic (exact) mass is 327 g/mol. The molecule has 0 radical (unpaired) electrons. The van der Waals surface area contributed by atoms with E-state index in [-0.39, 0.29) is 21.2 Å². The second kappa shape index (κ2) is 6.26. The lowest BCUT2D eigenvalue weighted by molar-refractivity contribution is 0.0692. The zero-order valence-electron chi connectivity index (χ0n) is 9.84. The maximum Gasteiger partial charge on any atom is 0.338 e. The second-order valence-electron chi connectivity index (χ2n) is 3.65. The van der Waals surface area contributed by atoms with Crippen molar-refractivity contribution < 1.29 is 14.7 Å². The number of pyridine rings is 1. The van der Waals surface area contributed by atoms with Gasteiger partial charge < -0.3 is 5.11 Å². The van der Waals surface area contributed by atoms with Crippen LogP contribution in [0.1, 0.15) is 20.7 Å². The van der Waals surface area contributed by atoms with Crippen molar-refractivity contribution in [3.8, 4) is 0 Å². The molecule has 0 aliphatic rings. The Labute approximate surface area is 128 Å². The van der Waals surface area contributed by atoms with E-state index in [1.165, 1.54) is 24.4 Å². The summed E-state index contributed by atoms with van der Waals surface area (Å²) >= 11 is 13.0. The quantitative estimate of drug-likeness (QED) is 0.858. The molecule has 1 aromatic heterocycles. The Kier molecular flexibility index (Phi) is 4.65. The van der Waals surface area contributed by atoms with Crippen LogP contribution in [-0.2, 0) is 0 Å². The number of hydrogen-bond acceptors (Lipinski definition) is 4. The van der Waals surface area contributed by atoms with Gasteiger partial charge in [0.15, 0.2) is 6.29 Å². The Morgan fingerprint density at radius 1 is 1.25 bits per heavy atom. The maximum atomic E-state index is 11.1. The molecule has 0 saturated heterocycles. The molecule has 20 heavy (non-hydrogen) atoms. The molecule has 0 atom stereocenters. The standard InChI is InChI=1S/C13H7Cl2NO3S/c14-9-3-4-10(15)11(8(9)6-17)20-12-7(13(18)19)2-1-5-16-12/h1-6H,(H,18,19). The lowest BCUT2D eigenvalue weighted by Gasteiger charge is -2.09. The van der Waals surface area contributed by atoms with Gasteiger partial charge in [-0.2, -0.15) is 0 Å². The second-order valence-corrected chi connectivity index (χ2v) is 5.47. The van der Waals surface area contributed by atoms with Gasteiger partial charge in [0.25, 0.3) is 0 Å². The maximum absolute atomic E-state index is 11.1. The van der Waals surface area contributed by atoms with Crippen LogP contribution in [0, 0.1) is 0 Å². The third kappa shape index (κ3) is 2.95. The van der Waals surface area contributed by atoms with Crippen molar-refractivity contribution in [3.63, 3.8) is 0 Å². The van der Waals surface area contributed by atoms with Crippen molar-refractivity contribution >= 4 is 47.2 Å². The van der Waals surface area contributed by atoms with Gasteiger partial charge in [-0.15, -0.1) is 0 Å². The van der Waals surface area contributed by atoms with Crippen molar-refractivity contribution in [3.05, 3.63) is 51.6 Å². The molecule has 0 aliphatic carbocycles. The summed E-state index contributed by atoms with van der Waals surface area (Å²) in [7, 11) is 0. The summed E-state index contributed by atoms with van der Waals surface area (Å²) in [5, 5.41) is 9.91. The van der Waals surface area contributed by atoms with Crippen LogP contribution in [0.5, 0.6) is 0 Å². The molecule has 0 saturated carbocycles. The molecule has 0 bridgehead atoms. The summed E-state index contributed by atoms with van der Waals surface area (Å²) in [6.45, 7) is 0. The normalized spacial score (nSPS) is 10.3. The number of nitrogens with zero attached hydrogens (tertiary/aromatic N) is 1. The van der Waals surface area contributed by atoms with E-state index >= 15 is 0 Å². The van der Waals surface area contributed by atoms with E-state index in [0.29, 0.717) is 16.2 Å². The lowest BCUT2D eigenvalue weighted by atomic mass is 10.2. The molecule has 0 spiro atoms. The number of hydrogen-bond donors (Lipinski definition) is 1. The first kappa shape index (κ1) is 14.8. The third-order valence-corrected chi connectivity index (χ3v) is 4.33. The fourth-order valence-electron chi connectivity index (χ4n) is 1.49.